The summed E-state index contributed by atoms with van der Waals surface area (Å²) in [7, 11) is -1.42. The maximum Gasteiger partial charge on any atom is 0.397 e. The number of hydrogen-bond donors (Lipinski definition) is 0. The van der Waals surface area contributed by atoms with Crippen LogP contribution in [-0.2, 0) is 14.5 Å². The molecule has 4 heteroatoms. The van der Waals surface area contributed by atoms with Crippen LogP contribution < -0.4 is 4.52 Å². The lowest BCUT2D eigenvalue weighted by Crippen LogP contribution is -2.18. The lowest BCUT2D eigenvalue weighted by atomic mass is 9.78. The van der Waals surface area contributed by atoms with E-state index in [9.17, 15) is 0 Å². The molecule has 2 aromatic carbocycles. The van der Waals surface area contributed by atoms with Gasteiger partial charge in [-0.2, -0.15) is 0 Å². The van der Waals surface area contributed by atoms with E-state index in [0.29, 0.717) is 13.2 Å². The predicted molar refractivity (Wildman–Crippen MR) is 243 cm³/mol. The van der Waals surface area contributed by atoms with Gasteiger partial charge in [-0.05, 0) is 87.5 Å². The molecule has 2 aromatic rings. The summed E-state index contributed by atoms with van der Waals surface area (Å²) >= 11 is 0. The van der Waals surface area contributed by atoms with Crippen molar-refractivity contribution < 1.29 is 13.6 Å². The minimum Gasteiger partial charge on any atom is -0.427 e. The Morgan fingerprint density at radius 1 is 0.418 bits per heavy atom. The highest BCUT2D eigenvalue weighted by atomic mass is 31.2. The highest BCUT2D eigenvalue weighted by Gasteiger charge is 2.23. The number of rotatable bonds is 38. The molecule has 55 heavy (non-hydrogen) atoms. The monoisotopic (exact) mass is 777 g/mol. The van der Waals surface area contributed by atoms with Crippen molar-refractivity contribution in [2.45, 2.75) is 213 Å². The second kappa shape index (κ2) is 35.2. The average molecular weight is 777 g/mol. The molecular formula is C51H85O3P. The zero-order valence-electron chi connectivity index (χ0n) is 36.4. The molecule has 0 fully saturated rings. The summed E-state index contributed by atoms with van der Waals surface area (Å²) in [5.74, 6) is 0.820. The van der Waals surface area contributed by atoms with Crippen LogP contribution in [0.25, 0.3) is 0 Å². The van der Waals surface area contributed by atoms with Crippen LogP contribution in [0.4, 0.5) is 0 Å². The van der Waals surface area contributed by atoms with E-state index in [2.05, 4.69) is 107 Å². The van der Waals surface area contributed by atoms with Crippen molar-refractivity contribution in [2.24, 2.45) is 0 Å². The van der Waals surface area contributed by atoms with Crippen molar-refractivity contribution in [3.8, 4) is 5.75 Å². The molecule has 0 radical (unpaired) electrons. The molecule has 0 aliphatic heterocycles. The smallest absolute Gasteiger partial charge is 0.397 e. The zero-order chi connectivity index (χ0) is 39.3. The molecule has 0 spiro atoms. The van der Waals surface area contributed by atoms with Gasteiger partial charge in [0, 0.05) is 5.41 Å². The van der Waals surface area contributed by atoms with Crippen molar-refractivity contribution >= 4 is 8.60 Å². The van der Waals surface area contributed by atoms with Crippen LogP contribution in [0.3, 0.4) is 0 Å². The molecule has 3 nitrogen and oxygen atoms in total. The molecular weight excluding hydrogens is 692 g/mol. The van der Waals surface area contributed by atoms with Gasteiger partial charge in [-0.3, -0.25) is 0 Å². The van der Waals surface area contributed by atoms with Gasteiger partial charge in [-0.25, -0.2) is 0 Å². The topological polar surface area (TPSA) is 27.7 Å². The molecule has 312 valence electrons. The van der Waals surface area contributed by atoms with Crippen LogP contribution in [0.2, 0.25) is 0 Å². The second-order valence-corrected chi connectivity index (χ2v) is 17.5. The van der Waals surface area contributed by atoms with Gasteiger partial charge >= 0.3 is 8.60 Å². The first-order chi connectivity index (χ1) is 27.1. The molecule has 0 bridgehead atoms. The minimum absolute atomic E-state index is 0.0780. The van der Waals surface area contributed by atoms with Crippen molar-refractivity contribution in [2.75, 3.05) is 13.2 Å². The summed E-state index contributed by atoms with van der Waals surface area (Å²) in [5.41, 5.74) is 2.50. The first-order valence-corrected chi connectivity index (χ1v) is 24.4. The predicted octanol–water partition coefficient (Wildman–Crippen LogP) is 17.7. The Hall–Kier alpha value is -1.93. The Morgan fingerprint density at radius 2 is 0.764 bits per heavy atom. The summed E-state index contributed by atoms with van der Waals surface area (Å²) < 4.78 is 18.9. The molecule has 0 heterocycles. The van der Waals surface area contributed by atoms with E-state index in [0.717, 1.165) is 18.6 Å². The van der Waals surface area contributed by atoms with E-state index >= 15 is 0 Å². The van der Waals surface area contributed by atoms with Gasteiger partial charge in [0.2, 0.25) is 0 Å². The van der Waals surface area contributed by atoms with Gasteiger partial charge in [0.15, 0.2) is 0 Å². The van der Waals surface area contributed by atoms with Crippen LogP contribution >= 0.6 is 8.60 Å². The van der Waals surface area contributed by atoms with Gasteiger partial charge in [-0.15, -0.1) is 0 Å². The van der Waals surface area contributed by atoms with Crippen molar-refractivity contribution in [1.82, 2.24) is 0 Å². The highest BCUT2D eigenvalue weighted by molar-refractivity contribution is 7.42. The molecule has 0 unspecified atom stereocenters. The molecule has 0 aliphatic rings. The molecule has 0 amide bonds. The third kappa shape index (κ3) is 26.6. The fourth-order valence-corrected chi connectivity index (χ4v) is 8.14. The fourth-order valence-electron chi connectivity index (χ4n) is 7.11. The summed E-state index contributed by atoms with van der Waals surface area (Å²) in [5, 5.41) is 0. The molecule has 0 saturated carbocycles. The van der Waals surface area contributed by atoms with E-state index < -0.39 is 8.60 Å². The summed E-state index contributed by atoms with van der Waals surface area (Å²) in [4.78, 5) is 0. The molecule has 0 aromatic heterocycles. The van der Waals surface area contributed by atoms with Gasteiger partial charge in [0.1, 0.15) is 5.75 Å². The number of allylic oxidation sites excluding steroid dienone is 4. The standard InChI is InChI=1S/C51H85O3P/c1-5-7-9-11-13-15-17-19-21-23-25-27-29-31-33-38-46-52-55(54-50-44-42-49(43-45-50)51(3,4)48-40-36-35-37-41-48)53-47-39-34-32-30-28-26-24-22-20-18-16-14-12-10-8-6-2/h19-22,35-37,40-45H,5-18,23-34,38-39,46-47H2,1-4H3. The van der Waals surface area contributed by atoms with Gasteiger partial charge < -0.3 is 13.6 Å². The van der Waals surface area contributed by atoms with Crippen molar-refractivity contribution in [3.05, 3.63) is 90.0 Å². The number of benzene rings is 2. The molecule has 0 aliphatic carbocycles. The van der Waals surface area contributed by atoms with E-state index in [4.69, 9.17) is 13.6 Å². The first-order valence-electron chi connectivity index (χ1n) is 23.3. The highest BCUT2D eigenvalue weighted by Crippen LogP contribution is 2.42. The molecule has 2 rings (SSSR count). The van der Waals surface area contributed by atoms with E-state index in [1.807, 2.05) is 0 Å². The van der Waals surface area contributed by atoms with Crippen LogP contribution in [0.1, 0.15) is 219 Å². The van der Waals surface area contributed by atoms with E-state index in [-0.39, 0.29) is 5.41 Å². The zero-order valence-corrected chi connectivity index (χ0v) is 37.3. The largest absolute Gasteiger partial charge is 0.427 e. The lowest BCUT2D eigenvalue weighted by Gasteiger charge is -2.26. The van der Waals surface area contributed by atoms with Gasteiger partial charge in [0.05, 0.1) is 13.2 Å². The van der Waals surface area contributed by atoms with Crippen LogP contribution in [0.5, 0.6) is 5.75 Å². The molecule has 0 saturated heterocycles. The number of unbranched alkanes of at least 4 members (excludes halogenated alkanes) is 24. The third-order valence-electron chi connectivity index (χ3n) is 11.0. The summed E-state index contributed by atoms with van der Waals surface area (Å²) in [6.07, 6.45) is 46.3. The quantitative estimate of drug-likeness (QED) is 0.0386. The Morgan fingerprint density at radius 3 is 1.16 bits per heavy atom. The summed E-state index contributed by atoms with van der Waals surface area (Å²) in [6, 6.07) is 19.3. The SMILES string of the molecule is CCCCCCCCC=CCCCCCCCCOP(OCCCCCCCCC=CCCCCCCCC)Oc1ccc(C(C)(C)c2ccccc2)cc1. The average Bonchev–Trinajstić information content (AvgIpc) is 3.20. The second-order valence-electron chi connectivity index (χ2n) is 16.4. The molecule has 0 atom stereocenters. The Balaban J connectivity index is 1.64. The van der Waals surface area contributed by atoms with Crippen LogP contribution in [-0.4, -0.2) is 13.2 Å². The van der Waals surface area contributed by atoms with Gasteiger partial charge in [-0.1, -0.05) is 210 Å². The Labute approximate surface area is 342 Å². The van der Waals surface area contributed by atoms with Crippen LogP contribution in [0, 0.1) is 0 Å². The van der Waals surface area contributed by atoms with Gasteiger partial charge in [0.25, 0.3) is 0 Å². The van der Waals surface area contributed by atoms with E-state index in [1.165, 1.54) is 178 Å². The Bertz CT molecular complexity index is 1110. The maximum absolute atomic E-state index is 6.35. The third-order valence-corrected chi connectivity index (χ3v) is 12.1. The normalized spacial score (nSPS) is 12.7. The van der Waals surface area contributed by atoms with Crippen LogP contribution in [0.15, 0.2) is 78.9 Å². The number of hydrogen-bond acceptors (Lipinski definition) is 3. The Kier molecular flexibility index (Phi) is 31.5. The minimum atomic E-state index is -1.42. The first kappa shape index (κ1) is 49.2. The summed E-state index contributed by atoms with van der Waals surface area (Å²) in [6.45, 7) is 10.5. The van der Waals surface area contributed by atoms with E-state index in [1.54, 1.807) is 0 Å². The fraction of sp³-hybridized carbons (Fsp3) is 0.686. The van der Waals surface area contributed by atoms with Crippen molar-refractivity contribution in [3.63, 3.8) is 0 Å². The maximum atomic E-state index is 6.35. The molecule has 0 N–H and O–H groups in total. The van der Waals surface area contributed by atoms with Crippen molar-refractivity contribution in [1.29, 1.82) is 0 Å². The lowest BCUT2D eigenvalue weighted by molar-refractivity contribution is 0.198.